The molecule has 3 heteroatoms. The van der Waals surface area contributed by atoms with Crippen LogP contribution in [0.15, 0.2) is 24.3 Å². The minimum Gasteiger partial charge on any atom is -0.314 e. The second-order valence-electron chi connectivity index (χ2n) is 5.14. The van der Waals surface area contributed by atoms with Gasteiger partial charge in [0, 0.05) is 10.6 Å². The predicted molar refractivity (Wildman–Crippen MR) is 73.7 cm³/mol. The summed E-state index contributed by atoms with van der Waals surface area (Å²) in [4.78, 5) is 2.40. The Balaban J connectivity index is 2.06. The van der Waals surface area contributed by atoms with E-state index in [2.05, 4.69) is 36.4 Å². The second-order valence-corrected chi connectivity index (χ2v) is 5.57. The van der Waals surface area contributed by atoms with Gasteiger partial charge in [0.05, 0.1) is 0 Å². The van der Waals surface area contributed by atoms with E-state index in [1.165, 1.54) is 31.5 Å². The van der Waals surface area contributed by atoms with E-state index in [0.29, 0.717) is 0 Å². The summed E-state index contributed by atoms with van der Waals surface area (Å²) in [5.41, 5.74) is 1.63. The van der Waals surface area contributed by atoms with Crippen LogP contribution in [0.3, 0.4) is 0 Å². The van der Waals surface area contributed by atoms with Crippen LogP contribution in [0.4, 0.5) is 0 Å². The molecule has 1 aliphatic heterocycles. The Morgan fingerprint density at radius 2 is 1.82 bits per heavy atom. The van der Waals surface area contributed by atoms with Crippen LogP contribution in [0.25, 0.3) is 0 Å². The fraction of sp³-hybridized carbons (Fsp3) is 0.571. The van der Waals surface area contributed by atoms with E-state index < -0.39 is 0 Å². The van der Waals surface area contributed by atoms with Gasteiger partial charge in [-0.3, -0.25) is 0 Å². The number of hydrogen-bond acceptors (Lipinski definition) is 2. The number of piperidine rings is 1. The predicted octanol–water partition coefficient (Wildman–Crippen LogP) is 2.57. The van der Waals surface area contributed by atoms with E-state index in [1.807, 2.05) is 12.1 Å². The first-order chi connectivity index (χ1) is 8.13. The maximum atomic E-state index is 5.92. The topological polar surface area (TPSA) is 15.3 Å². The van der Waals surface area contributed by atoms with Gasteiger partial charge in [-0.15, -0.1) is 0 Å². The molecule has 1 aliphatic rings. The third-order valence-electron chi connectivity index (χ3n) is 3.93. The lowest BCUT2D eigenvalue weighted by Gasteiger charge is -2.41. The summed E-state index contributed by atoms with van der Waals surface area (Å²) in [6, 6.07) is 8.24. The van der Waals surface area contributed by atoms with Crippen molar-refractivity contribution in [3.05, 3.63) is 34.9 Å². The molecule has 1 N–H and O–H groups in total. The standard InChI is InChI=1S/C14H21ClN2/c1-16-14(7-9-17(2)10-8-14)11-12-3-5-13(15)6-4-12/h3-6,16H,7-11H2,1-2H3. The highest BCUT2D eigenvalue weighted by molar-refractivity contribution is 6.30. The van der Waals surface area contributed by atoms with E-state index in [-0.39, 0.29) is 5.54 Å². The summed E-state index contributed by atoms with van der Waals surface area (Å²) < 4.78 is 0. The molecule has 1 saturated heterocycles. The van der Waals surface area contributed by atoms with E-state index in [0.717, 1.165) is 11.4 Å². The number of benzene rings is 1. The van der Waals surface area contributed by atoms with Gasteiger partial charge in [0.1, 0.15) is 0 Å². The van der Waals surface area contributed by atoms with Crippen molar-refractivity contribution in [2.45, 2.75) is 24.8 Å². The van der Waals surface area contributed by atoms with Gasteiger partial charge in [0.2, 0.25) is 0 Å². The molecule has 1 heterocycles. The summed E-state index contributed by atoms with van der Waals surface area (Å²) in [5.74, 6) is 0. The summed E-state index contributed by atoms with van der Waals surface area (Å²) in [6.07, 6.45) is 3.51. The molecule has 1 aromatic rings. The molecule has 0 bridgehead atoms. The number of likely N-dealkylation sites (tertiary alicyclic amines) is 1. The van der Waals surface area contributed by atoms with Crippen LogP contribution >= 0.6 is 11.6 Å². The van der Waals surface area contributed by atoms with Gasteiger partial charge < -0.3 is 10.2 Å². The minimum atomic E-state index is 0.264. The number of likely N-dealkylation sites (N-methyl/N-ethyl adjacent to an activating group) is 1. The zero-order valence-corrected chi connectivity index (χ0v) is 11.4. The molecule has 0 aromatic heterocycles. The van der Waals surface area contributed by atoms with Crippen molar-refractivity contribution in [2.24, 2.45) is 0 Å². The highest BCUT2D eigenvalue weighted by Gasteiger charge is 2.31. The molecule has 17 heavy (non-hydrogen) atoms. The molecule has 0 atom stereocenters. The fourth-order valence-corrected chi connectivity index (χ4v) is 2.68. The van der Waals surface area contributed by atoms with Gasteiger partial charge in [-0.05, 0) is 64.1 Å². The monoisotopic (exact) mass is 252 g/mol. The maximum Gasteiger partial charge on any atom is 0.0406 e. The van der Waals surface area contributed by atoms with Gasteiger partial charge in [-0.2, -0.15) is 0 Å². The van der Waals surface area contributed by atoms with Gasteiger partial charge in [0.15, 0.2) is 0 Å². The molecule has 0 unspecified atom stereocenters. The molecule has 0 amide bonds. The number of nitrogens with one attached hydrogen (secondary N) is 1. The fourth-order valence-electron chi connectivity index (χ4n) is 2.55. The van der Waals surface area contributed by atoms with E-state index >= 15 is 0 Å². The summed E-state index contributed by atoms with van der Waals surface area (Å²) in [5, 5.41) is 4.36. The molecule has 2 nitrogen and oxygen atoms in total. The summed E-state index contributed by atoms with van der Waals surface area (Å²) in [7, 11) is 4.28. The molecule has 1 aromatic carbocycles. The lowest BCUT2D eigenvalue weighted by Crippen LogP contribution is -2.52. The van der Waals surface area contributed by atoms with Crippen molar-refractivity contribution in [1.29, 1.82) is 0 Å². The van der Waals surface area contributed by atoms with Gasteiger partial charge in [0.25, 0.3) is 0 Å². The molecule has 2 rings (SSSR count). The van der Waals surface area contributed by atoms with Crippen LogP contribution in [-0.2, 0) is 6.42 Å². The lowest BCUT2D eigenvalue weighted by molar-refractivity contribution is 0.163. The lowest BCUT2D eigenvalue weighted by atomic mass is 9.82. The van der Waals surface area contributed by atoms with Gasteiger partial charge in [-0.25, -0.2) is 0 Å². The number of halogens is 1. The largest absolute Gasteiger partial charge is 0.314 e. The summed E-state index contributed by atoms with van der Waals surface area (Å²) in [6.45, 7) is 2.35. The average molecular weight is 253 g/mol. The Kier molecular flexibility index (Phi) is 4.08. The van der Waals surface area contributed by atoms with E-state index in [9.17, 15) is 0 Å². The van der Waals surface area contributed by atoms with E-state index in [1.54, 1.807) is 0 Å². The zero-order valence-electron chi connectivity index (χ0n) is 10.7. The highest BCUT2D eigenvalue weighted by Crippen LogP contribution is 2.26. The molecule has 0 aliphatic carbocycles. The van der Waals surface area contributed by atoms with Crippen LogP contribution in [0.2, 0.25) is 5.02 Å². The smallest absolute Gasteiger partial charge is 0.0406 e. The normalized spacial score (nSPS) is 20.4. The number of hydrogen-bond donors (Lipinski definition) is 1. The third kappa shape index (κ3) is 3.21. The van der Waals surface area contributed by atoms with Crippen LogP contribution < -0.4 is 5.32 Å². The zero-order chi connectivity index (χ0) is 12.3. The Morgan fingerprint density at radius 3 is 2.35 bits per heavy atom. The number of nitrogens with zero attached hydrogens (tertiary/aromatic N) is 1. The quantitative estimate of drug-likeness (QED) is 0.890. The third-order valence-corrected chi connectivity index (χ3v) is 4.18. The molecular formula is C14H21ClN2. The van der Waals surface area contributed by atoms with Crippen LogP contribution in [0.5, 0.6) is 0 Å². The first-order valence-electron chi connectivity index (χ1n) is 6.25. The SMILES string of the molecule is CNC1(Cc2ccc(Cl)cc2)CCN(C)CC1. The van der Waals surface area contributed by atoms with Crippen molar-refractivity contribution in [2.75, 3.05) is 27.2 Å². The first-order valence-corrected chi connectivity index (χ1v) is 6.63. The molecule has 0 saturated carbocycles. The molecular weight excluding hydrogens is 232 g/mol. The molecule has 94 valence electrons. The maximum absolute atomic E-state index is 5.92. The minimum absolute atomic E-state index is 0.264. The Bertz CT molecular complexity index is 353. The molecule has 0 spiro atoms. The molecule has 1 fully saturated rings. The Hall–Kier alpha value is -0.570. The van der Waals surface area contributed by atoms with Crippen molar-refractivity contribution in [1.82, 2.24) is 10.2 Å². The number of rotatable bonds is 3. The van der Waals surface area contributed by atoms with Crippen molar-refractivity contribution < 1.29 is 0 Å². The second kappa shape index (κ2) is 5.38. The van der Waals surface area contributed by atoms with Crippen LogP contribution in [-0.4, -0.2) is 37.6 Å². The molecule has 0 radical (unpaired) electrons. The van der Waals surface area contributed by atoms with Gasteiger partial charge >= 0.3 is 0 Å². The van der Waals surface area contributed by atoms with Gasteiger partial charge in [-0.1, -0.05) is 23.7 Å². The van der Waals surface area contributed by atoms with Crippen molar-refractivity contribution >= 4 is 11.6 Å². The van der Waals surface area contributed by atoms with Crippen molar-refractivity contribution in [3.8, 4) is 0 Å². The average Bonchev–Trinajstić information content (AvgIpc) is 2.35. The summed E-state index contributed by atoms with van der Waals surface area (Å²) >= 11 is 5.92. The Labute approximate surface area is 109 Å². The van der Waals surface area contributed by atoms with E-state index in [4.69, 9.17) is 11.6 Å². The first kappa shape index (κ1) is 12.9. The van der Waals surface area contributed by atoms with Crippen LogP contribution in [0, 0.1) is 0 Å². The van der Waals surface area contributed by atoms with Crippen LogP contribution in [0.1, 0.15) is 18.4 Å². The Morgan fingerprint density at radius 1 is 1.24 bits per heavy atom. The van der Waals surface area contributed by atoms with Crippen molar-refractivity contribution in [3.63, 3.8) is 0 Å². The highest BCUT2D eigenvalue weighted by atomic mass is 35.5.